The molecule has 0 aliphatic heterocycles. The van der Waals surface area contributed by atoms with Crippen molar-refractivity contribution >= 4 is 41.2 Å². The monoisotopic (exact) mass is 508 g/mol. The first kappa shape index (κ1) is 25.2. The minimum absolute atomic E-state index is 0. The number of aryl methyl sites for hydroxylation is 1. The third kappa shape index (κ3) is 4.90. The lowest BCUT2D eigenvalue weighted by Gasteiger charge is -2.16. The van der Waals surface area contributed by atoms with E-state index in [1.807, 2.05) is 38.2 Å². The van der Waals surface area contributed by atoms with Gasteiger partial charge in [-0.2, -0.15) is 18.6 Å². The molecule has 1 aromatic carbocycles. The number of imidazole rings is 1. The zero-order valence-electron chi connectivity index (χ0n) is 20.2. The van der Waals surface area contributed by atoms with Crippen LogP contribution in [-0.4, -0.2) is 55.0 Å². The van der Waals surface area contributed by atoms with Crippen molar-refractivity contribution in [3.05, 3.63) is 59.0 Å². The minimum atomic E-state index is -0.285. The molecule has 0 amide bonds. The summed E-state index contributed by atoms with van der Waals surface area (Å²) in [5.74, 6) is 1.71. The summed E-state index contributed by atoms with van der Waals surface area (Å²) in [5, 5.41) is 8.10. The summed E-state index contributed by atoms with van der Waals surface area (Å²) in [6, 6.07) is 7.03. The number of rotatable bonds is 9. The summed E-state index contributed by atoms with van der Waals surface area (Å²) in [6.07, 6.45) is 5.19. The van der Waals surface area contributed by atoms with Crippen molar-refractivity contribution in [2.24, 2.45) is 0 Å². The molecule has 0 aliphatic rings. The van der Waals surface area contributed by atoms with Gasteiger partial charge >= 0.3 is 0 Å². The Balaban J connectivity index is 0.00000304. The molecule has 0 saturated heterocycles. The fourth-order valence-electron chi connectivity index (χ4n) is 3.90. The van der Waals surface area contributed by atoms with E-state index in [4.69, 9.17) is 14.5 Å². The maximum atomic E-state index is 13.3. The smallest absolute Gasteiger partial charge is 0.261 e. The molecule has 0 bridgehead atoms. The van der Waals surface area contributed by atoms with Crippen molar-refractivity contribution in [2.45, 2.75) is 26.4 Å². The molecule has 1 atom stereocenters. The SMILES string of the molecule is CCn1cc2[nH]c(=O)c(-c3nc4ccc(OCCOC)cc4[nH]3)c(N[C@@H](C)c3ncccn3)c2n1.S. The topological polar surface area (TPSA) is 136 Å². The van der Waals surface area contributed by atoms with Crippen LogP contribution in [0.4, 0.5) is 5.69 Å². The number of pyridine rings is 1. The van der Waals surface area contributed by atoms with E-state index in [0.717, 1.165) is 5.52 Å². The number of H-pyrrole nitrogens is 2. The van der Waals surface area contributed by atoms with Gasteiger partial charge in [-0.15, -0.1) is 0 Å². The van der Waals surface area contributed by atoms with E-state index >= 15 is 0 Å². The van der Waals surface area contributed by atoms with Gasteiger partial charge in [0, 0.05) is 38.3 Å². The average molecular weight is 509 g/mol. The van der Waals surface area contributed by atoms with Crippen LogP contribution in [0.2, 0.25) is 0 Å². The van der Waals surface area contributed by atoms with E-state index in [9.17, 15) is 4.79 Å². The molecule has 0 fully saturated rings. The molecule has 0 aliphatic carbocycles. The molecular weight excluding hydrogens is 480 g/mol. The molecule has 188 valence electrons. The Labute approximate surface area is 213 Å². The van der Waals surface area contributed by atoms with Crippen molar-refractivity contribution in [2.75, 3.05) is 25.6 Å². The predicted octanol–water partition coefficient (Wildman–Crippen LogP) is 3.39. The van der Waals surface area contributed by atoms with Gasteiger partial charge in [0.05, 0.1) is 34.9 Å². The zero-order valence-corrected chi connectivity index (χ0v) is 21.2. The van der Waals surface area contributed by atoms with Crippen LogP contribution in [0.25, 0.3) is 33.5 Å². The van der Waals surface area contributed by atoms with E-state index in [1.54, 1.807) is 30.3 Å². The fraction of sp³-hybridized carbons (Fsp3) is 0.292. The van der Waals surface area contributed by atoms with Crippen molar-refractivity contribution in [3.63, 3.8) is 0 Å². The number of anilines is 1. The summed E-state index contributed by atoms with van der Waals surface area (Å²) in [4.78, 5) is 32.9. The van der Waals surface area contributed by atoms with Crippen molar-refractivity contribution < 1.29 is 9.47 Å². The number of aromatic nitrogens is 7. The summed E-state index contributed by atoms with van der Waals surface area (Å²) < 4.78 is 12.5. The molecule has 0 spiro atoms. The number of benzene rings is 1. The molecule has 0 saturated carbocycles. The van der Waals surface area contributed by atoms with Crippen LogP contribution in [0, 0.1) is 0 Å². The molecule has 36 heavy (non-hydrogen) atoms. The number of methoxy groups -OCH3 is 1. The number of ether oxygens (including phenoxy) is 2. The van der Waals surface area contributed by atoms with Gasteiger partial charge in [0.2, 0.25) is 0 Å². The van der Waals surface area contributed by atoms with Gasteiger partial charge in [-0.3, -0.25) is 9.48 Å². The van der Waals surface area contributed by atoms with Gasteiger partial charge < -0.3 is 24.8 Å². The average Bonchev–Trinajstić information content (AvgIpc) is 3.48. The van der Waals surface area contributed by atoms with Gasteiger partial charge in [0.1, 0.15) is 35.1 Å². The maximum Gasteiger partial charge on any atom is 0.261 e. The van der Waals surface area contributed by atoms with Crippen LogP contribution in [0.1, 0.15) is 25.7 Å². The van der Waals surface area contributed by atoms with E-state index in [1.165, 1.54) is 0 Å². The molecule has 4 aromatic heterocycles. The van der Waals surface area contributed by atoms with Crippen LogP contribution in [0.3, 0.4) is 0 Å². The Kier molecular flexibility index (Phi) is 7.55. The first-order valence-electron chi connectivity index (χ1n) is 11.4. The lowest BCUT2D eigenvalue weighted by Crippen LogP contribution is -2.17. The highest BCUT2D eigenvalue weighted by Crippen LogP contribution is 2.32. The van der Waals surface area contributed by atoms with Crippen molar-refractivity contribution in [3.8, 4) is 17.1 Å². The number of aromatic amines is 2. The van der Waals surface area contributed by atoms with Crippen molar-refractivity contribution in [1.29, 1.82) is 0 Å². The second-order valence-electron chi connectivity index (χ2n) is 8.03. The molecule has 5 rings (SSSR count). The summed E-state index contributed by atoms with van der Waals surface area (Å²) in [7, 11) is 1.63. The molecule has 5 aromatic rings. The molecule has 0 unspecified atom stereocenters. The highest BCUT2D eigenvalue weighted by Gasteiger charge is 2.22. The summed E-state index contributed by atoms with van der Waals surface area (Å²) in [5.41, 5.74) is 3.36. The zero-order chi connectivity index (χ0) is 24.4. The lowest BCUT2D eigenvalue weighted by atomic mass is 10.1. The Bertz CT molecular complexity index is 1530. The van der Waals surface area contributed by atoms with Crippen LogP contribution in [-0.2, 0) is 11.3 Å². The van der Waals surface area contributed by atoms with Gasteiger partial charge in [-0.1, -0.05) is 0 Å². The minimum Gasteiger partial charge on any atom is -0.491 e. The van der Waals surface area contributed by atoms with Crippen molar-refractivity contribution in [1.82, 2.24) is 34.7 Å². The second kappa shape index (κ2) is 10.8. The molecule has 3 N–H and O–H groups in total. The summed E-state index contributed by atoms with van der Waals surface area (Å²) >= 11 is 0. The molecule has 0 radical (unpaired) electrons. The largest absolute Gasteiger partial charge is 0.491 e. The van der Waals surface area contributed by atoms with Gasteiger partial charge in [0.15, 0.2) is 0 Å². The number of hydrogen-bond donors (Lipinski definition) is 3. The highest BCUT2D eigenvalue weighted by atomic mass is 32.1. The Morgan fingerprint density at radius 3 is 2.69 bits per heavy atom. The third-order valence-electron chi connectivity index (χ3n) is 5.63. The fourth-order valence-corrected chi connectivity index (χ4v) is 3.90. The Hall–Kier alpha value is -3.90. The van der Waals surface area contributed by atoms with E-state index in [0.29, 0.717) is 65.0 Å². The molecule has 12 heteroatoms. The molecule has 4 heterocycles. The van der Waals surface area contributed by atoms with E-state index in [2.05, 4.69) is 30.4 Å². The first-order chi connectivity index (χ1) is 17.1. The Morgan fingerprint density at radius 2 is 1.94 bits per heavy atom. The second-order valence-corrected chi connectivity index (χ2v) is 8.03. The summed E-state index contributed by atoms with van der Waals surface area (Å²) in [6.45, 7) is 5.52. The number of fused-ring (bicyclic) bond motifs is 2. The van der Waals surface area contributed by atoms with Crippen LogP contribution in [0.15, 0.2) is 47.7 Å². The standard InChI is InChI=1S/C24H26N8O3.H2S/c1-4-32-13-18-20(31-32)21(27-14(2)22-25-8-5-9-26-22)19(24(33)30-18)23-28-16-7-6-15(12-17(16)29-23)35-11-10-34-3;/h5-9,12-14,27H,4,10-11H2,1-3H3,(H,28,29)(H,30,33);1H2/t14-;/m0./s1. The molecule has 11 nitrogen and oxygen atoms in total. The maximum absolute atomic E-state index is 13.3. The first-order valence-corrected chi connectivity index (χ1v) is 11.4. The molecular formula is C24H28N8O3S. The van der Waals surface area contributed by atoms with Gasteiger partial charge in [-0.25, -0.2) is 15.0 Å². The van der Waals surface area contributed by atoms with Crippen LogP contribution < -0.4 is 15.6 Å². The third-order valence-corrected chi connectivity index (χ3v) is 5.63. The highest BCUT2D eigenvalue weighted by molar-refractivity contribution is 7.59. The van der Waals surface area contributed by atoms with Gasteiger partial charge in [0.25, 0.3) is 5.56 Å². The van der Waals surface area contributed by atoms with Crippen LogP contribution in [0.5, 0.6) is 5.75 Å². The van der Waals surface area contributed by atoms with Gasteiger partial charge in [-0.05, 0) is 32.0 Å². The number of nitrogens with one attached hydrogen (secondary N) is 3. The van der Waals surface area contributed by atoms with Crippen LogP contribution >= 0.6 is 13.5 Å². The number of nitrogens with zero attached hydrogens (tertiary/aromatic N) is 5. The quantitative estimate of drug-likeness (QED) is 0.258. The number of hydrogen-bond acceptors (Lipinski definition) is 8. The lowest BCUT2D eigenvalue weighted by molar-refractivity contribution is 0.146. The van der Waals surface area contributed by atoms with E-state index in [-0.39, 0.29) is 25.1 Å². The van der Waals surface area contributed by atoms with E-state index < -0.39 is 0 Å². The Morgan fingerprint density at radius 1 is 1.14 bits per heavy atom. The normalized spacial score (nSPS) is 12.0. The predicted molar refractivity (Wildman–Crippen MR) is 143 cm³/mol.